The fraction of sp³-hybridized carbons (Fsp3) is 0.348. The molecular formula is C23H25N3O4. The predicted octanol–water partition coefficient (Wildman–Crippen LogP) is 2.31. The molecule has 2 aromatic rings. The quantitative estimate of drug-likeness (QED) is 0.430. The lowest BCUT2D eigenvalue weighted by molar-refractivity contribution is -0.139. The summed E-state index contributed by atoms with van der Waals surface area (Å²) in [5, 5.41) is 1.63. The van der Waals surface area contributed by atoms with Gasteiger partial charge in [0.15, 0.2) is 0 Å². The summed E-state index contributed by atoms with van der Waals surface area (Å²) in [7, 11) is 2.11. The van der Waals surface area contributed by atoms with Gasteiger partial charge in [0.1, 0.15) is 6.61 Å². The molecule has 1 saturated heterocycles. The molecule has 0 N–H and O–H groups in total. The minimum atomic E-state index is -0.536. The van der Waals surface area contributed by atoms with Crippen LogP contribution in [0.5, 0.6) is 0 Å². The first-order chi connectivity index (χ1) is 14.4. The van der Waals surface area contributed by atoms with Crippen molar-refractivity contribution in [2.45, 2.75) is 6.92 Å². The van der Waals surface area contributed by atoms with Gasteiger partial charge in [0, 0.05) is 59.3 Å². The van der Waals surface area contributed by atoms with Gasteiger partial charge in [-0.05, 0) is 32.2 Å². The average Bonchev–Trinajstić information content (AvgIpc) is 2.74. The first kappa shape index (κ1) is 20.1. The zero-order valence-corrected chi connectivity index (χ0v) is 17.3. The normalized spacial score (nSPS) is 16.9. The number of imide groups is 1. The second kappa shape index (κ2) is 7.91. The van der Waals surface area contributed by atoms with E-state index in [1.807, 2.05) is 18.2 Å². The van der Waals surface area contributed by atoms with E-state index in [1.54, 1.807) is 19.1 Å². The number of ether oxygens (including phenoxy) is 1. The standard InChI is InChI=1S/C23H25N3O4/c1-15(2)23(29)30-14-13-26-21(27)17-6-4-5-16-19(25-11-9-24(3)10-12-25)8-7-18(20(16)17)22(26)28/h4-8H,1,9-14H2,2-3H3. The van der Waals surface area contributed by atoms with Crippen molar-refractivity contribution in [1.29, 1.82) is 0 Å². The van der Waals surface area contributed by atoms with Gasteiger partial charge in [-0.15, -0.1) is 0 Å². The van der Waals surface area contributed by atoms with Crippen LogP contribution in [0.4, 0.5) is 5.69 Å². The third-order valence-electron chi connectivity index (χ3n) is 5.71. The topological polar surface area (TPSA) is 70.2 Å². The number of piperazine rings is 1. The molecule has 0 atom stereocenters. The van der Waals surface area contributed by atoms with E-state index in [9.17, 15) is 14.4 Å². The smallest absolute Gasteiger partial charge is 0.333 e. The Labute approximate surface area is 175 Å². The summed E-state index contributed by atoms with van der Waals surface area (Å²) in [4.78, 5) is 43.5. The highest BCUT2D eigenvalue weighted by Crippen LogP contribution is 2.36. The molecule has 0 bridgehead atoms. The highest BCUT2D eigenvalue weighted by atomic mass is 16.5. The van der Waals surface area contributed by atoms with Crippen LogP contribution in [0.1, 0.15) is 27.6 Å². The number of amides is 2. The molecule has 156 valence electrons. The molecule has 0 radical (unpaired) electrons. The Morgan fingerprint density at radius 1 is 1.03 bits per heavy atom. The zero-order chi connectivity index (χ0) is 21.4. The van der Waals surface area contributed by atoms with E-state index >= 15 is 0 Å². The van der Waals surface area contributed by atoms with Gasteiger partial charge in [0.05, 0.1) is 6.54 Å². The van der Waals surface area contributed by atoms with Gasteiger partial charge in [0.2, 0.25) is 0 Å². The summed E-state index contributed by atoms with van der Waals surface area (Å²) in [6.07, 6.45) is 0. The molecule has 4 rings (SSSR count). The van der Waals surface area contributed by atoms with Crippen molar-refractivity contribution in [3.05, 3.63) is 53.6 Å². The summed E-state index contributed by atoms with van der Waals surface area (Å²) in [5.74, 6) is -1.26. The van der Waals surface area contributed by atoms with Gasteiger partial charge in [0.25, 0.3) is 11.8 Å². The lowest BCUT2D eigenvalue weighted by atomic mass is 9.92. The molecule has 2 aromatic carbocycles. The summed E-state index contributed by atoms with van der Waals surface area (Å²) >= 11 is 0. The molecule has 7 nitrogen and oxygen atoms in total. The van der Waals surface area contributed by atoms with E-state index in [0.717, 1.165) is 42.2 Å². The van der Waals surface area contributed by atoms with Gasteiger partial charge in [-0.3, -0.25) is 14.5 Å². The third kappa shape index (κ3) is 3.45. The van der Waals surface area contributed by atoms with E-state index in [2.05, 4.69) is 23.4 Å². The molecule has 0 spiro atoms. The van der Waals surface area contributed by atoms with Crippen molar-refractivity contribution < 1.29 is 19.1 Å². The minimum absolute atomic E-state index is 0.00667. The molecule has 0 saturated carbocycles. The molecule has 30 heavy (non-hydrogen) atoms. The molecule has 2 aliphatic rings. The van der Waals surface area contributed by atoms with Gasteiger partial charge in [-0.2, -0.15) is 0 Å². The maximum atomic E-state index is 13.1. The molecular weight excluding hydrogens is 382 g/mol. The van der Waals surface area contributed by atoms with Crippen LogP contribution in [-0.4, -0.2) is 74.0 Å². The number of carbonyl (C=O) groups is 3. The van der Waals surface area contributed by atoms with E-state index in [1.165, 1.54) is 0 Å². The van der Waals surface area contributed by atoms with Crippen LogP contribution in [0.15, 0.2) is 42.5 Å². The molecule has 2 aliphatic heterocycles. The minimum Gasteiger partial charge on any atom is -0.460 e. The van der Waals surface area contributed by atoms with Crippen LogP contribution < -0.4 is 4.90 Å². The van der Waals surface area contributed by atoms with Crippen LogP contribution in [0.25, 0.3) is 10.8 Å². The highest BCUT2D eigenvalue weighted by Gasteiger charge is 2.33. The number of benzene rings is 2. The molecule has 2 heterocycles. The Balaban J connectivity index is 1.65. The fourth-order valence-electron chi connectivity index (χ4n) is 4.01. The zero-order valence-electron chi connectivity index (χ0n) is 17.3. The van der Waals surface area contributed by atoms with Crippen molar-refractivity contribution in [2.24, 2.45) is 0 Å². The Hall–Kier alpha value is -3.19. The predicted molar refractivity (Wildman–Crippen MR) is 115 cm³/mol. The van der Waals surface area contributed by atoms with Crippen molar-refractivity contribution in [2.75, 3.05) is 51.3 Å². The third-order valence-corrected chi connectivity index (χ3v) is 5.71. The van der Waals surface area contributed by atoms with Crippen LogP contribution in [0, 0.1) is 0 Å². The molecule has 2 amide bonds. The number of carbonyl (C=O) groups excluding carboxylic acids is 3. The van der Waals surface area contributed by atoms with Crippen LogP contribution in [0.3, 0.4) is 0 Å². The van der Waals surface area contributed by atoms with E-state index in [4.69, 9.17) is 4.74 Å². The molecule has 0 aromatic heterocycles. The summed E-state index contributed by atoms with van der Waals surface area (Å²) in [6.45, 7) is 8.76. The van der Waals surface area contributed by atoms with Crippen molar-refractivity contribution in [3.8, 4) is 0 Å². The van der Waals surface area contributed by atoms with E-state index in [0.29, 0.717) is 16.5 Å². The lowest BCUT2D eigenvalue weighted by Gasteiger charge is -2.35. The molecule has 1 fully saturated rings. The van der Waals surface area contributed by atoms with Crippen molar-refractivity contribution >= 4 is 34.2 Å². The second-order valence-corrected chi connectivity index (χ2v) is 7.83. The van der Waals surface area contributed by atoms with Crippen molar-refractivity contribution in [1.82, 2.24) is 9.80 Å². The lowest BCUT2D eigenvalue weighted by Crippen LogP contribution is -2.45. The number of nitrogens with zero attached hydrogens (tertiary/aromatic N) is 3. The van der Waals surface area contributed by atoms with E-state index in [-0.39, 0.29) is 30.5 Å². The maximum absolute atomic E-state index is 13.1. The number of esters is 1. The van der Waals surface area contributed by atoms with Crippen LogP contribution in [-0.2, 0) is 9.53 Å². The highest BCUT2D eigenvalue weighted by molar-refractivity contribution is 6.26. The molecule has 7 heteroatoms. The van der Waals surface area contributed by atoms with E-state index < -0.39 is 5.97 Å². The summed E-state index contributed by atoms with van der Waals surface area (Å²) < 4.78 is 5.08. The average molecular weight is 407 g/mol. The van der Waals surface area contributed by atoms with Crippen molar-refractivity contribution in [3.63, 3.8) is 0 Å². The molecule has 0 unspecified atom stereocenters. The molecule has 0 aliphatic carbocycles. The number of hydrogen-bond acceptors (Lipinski definition) is 6. The van der Waals surface area contributed by atoms with Gasteiger partial charge in [-0.1, -0.05) is 18.7 Å². The largest absolute Gasteiger partial charge is 0.460 e. The van der Waals surface area contributed by atoms with Gasteiger partial charge < -0.3 is 14.5 Å². The first-order valence-electron chi connectivity index (χ1n) is 10.1. The van der Waals surface area contributed by atoms with Gasteiger partial charge in [-0.25, -0.2) is 4.79 Å². The number of likely N-dealkylation sites (N-methyl/N-ethyl adjacent to an activating group) is 1. The monoisotopic (exact) mass is 407 g/mol. The van der Waals surface area contributed by atoms with Crippen LogP contribution >= 0.6 is 0 Å². The Morgan fingerprint density at radius 3 is 2.37 bits per heavy atom. The first-order valence-corrected chi connectivity index (χ1v) is 10.1. The Kier molecular flexibility index (Phi) is 5.30. The van der Waals surface area contributed by atoms with Crippen LogP contribution in [0.2, 0.25) is 0 Å². The Bertz CT molecular complexity index is 1030. The fourth-order valence-corrected chi connectivity index (χ4v) is 4.01. The number of anilines is 1. The second-order valence-electron chi connectivity index (χ2n) is 7.83. The summed E-state index contributed by atoms with van der Waals surface area (Å²) in [6, 6.07) is 9.36. The number of hydrogen-bond donors (Lipinski definition) is 0. The summed E-state index contributed by atoms with van der Waals surface area (Å²) in [5.41, 5.74) is 2.33. The van der Waals surface area contributed by atoms with Gasteiger partial charge >= 0.3 is 5.97 Å². The Morgan fingerprint density at radius 2 is 1.70 bits per heavy atom. The SMILES string of the molecule is C=C(C)C(=O)OCCN1C(=O)c2cccc3c(N4CCN(C)CC4)ccc(c23)C1=O. The number of rotatable bonds is 5. The maximum Gasteiger partial charge on any atom is 0.333 e.